The van der Waals surface area contributed by atoms with E-state index in [4.69, 9.17) is 4.74 Å². The summed E-state index contributed by atoms with van der Waals surface area (Å²) in [4.78, 5) is 19.3. The molecule has 5 heteroatoms. The molecule has 0 radical (unpaired) electrons. The van der Waals surface area contributed by atoms with Gasteiger partial charge in [-0.15, -0.1) is 22.7 Å². The van der Waals surface area contributed by atoms with E-state index < -0.39 is 0 Å². The van der Waals surface area contributed by atoms with Crippen LogP contribution in [0, 0.1) is 20.8 Å². The third-order valence-electron chi connectivity index (χ3n) is 2.45. The second-order valence-electron chi connectivity index (χ2n) is 3.74. The van der Waals surface area contributed by atoms with Crippen molar-refractivity contribution in [2.45, 2.75) is 20.8 Å². The standard InChI is InChI=1S/C12H13NO2S2/c1-6-5-9(7(2)16-6)11-13-10(8(3)17-11)12(14)15-4/h5H,1-4H3. The first kappa shape index (κ1) is 12.3. The highest BCUT2D eigenvalue weighted by atomic mass is 32.1. The number of aryl methyl sites for hydroxylation is 3. The minimum atomic E-state index is -0.366. The van der Waals surface area contributed by atoms with Crippen molar-refractivity contribution < 1.29 is 9.53 Å². The van der Waals surface area contributed by atoms with Crippen LogP contribution in [0.25, 0.3) is 10.6 Å². The molecule has 0 amide bonds. The molecular formula is C12H13NO2S2. The molecular weight excluding hydrogens is 254 g/mol. The molecule has 90 valence electrons. The molecule has 0 aliphatic heterocycles. The highest BCUT2D eigenvalue weighted by Gasteiger charge is 2.18. The number of rotatable bonds is 2. The minimum absolute atomic E-state index is 0.366. The van der Waals surface area contributed by atoms with Crippen molar-refractivity contribution in [3.05, 3.63) is 26.4 Å². The highest BCUT2D eigenvalue weighted by Crippen LogP contribution is 2.34. The van der Waals surface area contributed by atoms with Crippen LogP contribution in [0.2, 0.25) is 0 Å². The maximum atomic E-state index is 11.5. The molecule has 2 aromatic heterocycles. The van der Waals surface area contributed by atoms with E-state index in [1.54, 1.807) is 11.3 Å². The smallest absolute Gasteiger partial charge is 0.357 e. The fourth-order valence-electron chi connectivity index (χ4n) is 1.64. The van der Waals surface area contributed by atoms with E-state index in [-0.39, 0.29) is 5.97 Å². The molecule has 0 bridgehead atoms. The van der Waals surface area contributed by atoms with E-state index in [9.17, 15) is 4.79 Å². The zero-order chi connectivity index (χ0) is 12.6. The molecule has 0 fully saturated rings. The summed E-state index contributed by atoms with van der Waals surface area (Å²) in [6.45, 7) is 6.03. The van der Waals surface area contributed by atoms with Crippen LogP contribution in [0.15, 0.2) is 6.07 Å². The van der Waals surface area contributed by atoms with Crippen LogP contribution in [0.1, 0.15) is 25.1 Å². The Balaban J connectivity index is 2.48. The largest absolute Gasteiger partial charge is 0.464 e. The third-order valence-corrected chi connectivity index (χ3v) is 4.42. The van der Waals surface area contributed by atoms with Crippen LogP contribution in [0.4, 0.5) is 0 Å². The molecule has 0 aliphatic carbocycles. The molecule has 0 unspecified atom stereocenters. The lowest BCUT2D eigenvalue weighted by atomic mass is 10.2. The molecule has 17 heavy (non-hydrogen) atoms. The van der Waals surface area contributed by atoms with Gasteiger partial charge in [0, 0.05) is 20.2 Å². The van der Waals surface area contributed by atoms with Gasteiger partial charge in [0.1, 0.15) is 5.01 Å². The molecule has 0 atom stereocenters. The number of methoxy groups -OCH3 is 1. The summed E-state index contributed by atoms with van der Waals surface area (Å²) in [7, 11) is 1.38. The molecule has 0 spiro atoms. The number of carbonyl (C=O) groups is 1. The number of thiophene rings is 1. The fourth-order valence-corrected chi connectivity index (χ4v) is 3.61. The van der Waals surface area contributed by atoms with Gasteiger partial charge in [0.25, 0.3) is 0 Å². The number of aromatic nitrogens is 1. The Bertz CT molecular complexity index is 569. The topological polar surface area (TPSA) is 39.2 Å². The Morgan fingerprint density at radius 2 is 1.94 bits per heavy atom. The average molecular weight is 267 g/mol. The minimum Gasteiger partial charge on any atom is -0.464 e. The first-order valence-corrected chi connectivity index (χ1v) is 6.79. The maximum absolute atomic E-state index is 11.5. The molecule has 0 saturated carbocycles. The molecule has 3 nitrogen and oxygen atoms in total. The third kappa shape index (κ3) is 2.25. The van der Waals surface area contributed by atoms with E-state index in [1.807, 2.05) is 6.92 Å². The summed E-state index contributed by atoms with van der Waals surface area (Å²) in [6, 6.07) is 2.11. The Kier molecular flexibility index (Phi) is 3.31. The Morgan fingerprint density at radius 3 is 2.47 bits per heavy atom. The zero-order valence-electron chi connectivity index (χ0n) is 10.2. The number of esters is 1. The summed E-state index contributed by atoms with van der Waals surface area (Å²) in [5, 5.41) is 0.893. The monoisotopic (exact) mass is 267 g/mol. The van der Waals surface area contributed by atoms with Crippen LogP contribution in [0.5, 0.6) is 0 Å². The number of hydrogen-bond acceptors (Lipinski definition) is 5. The van der Waals surface area contributed by atoms with E-state index >= 15 is 0 Å². The van der Waals surface area contributed by atoms with Crippen molar-refractivity contribution in [3.8, 4) is 10.6 Å². The molecule has 2 heterocycles. The van der Waals surface area contributed by atoms with Gasteiger partial charge < -0.3 is 4.74 Å². The zero-order valence-corrected chi connectivity index (χ0v) is 11.8. The second kappa shape index (κ2) is 4.58. The van der Waals surface area contributed by atoms with Crippen LogP contribution < -0.4 is 0 Å². The predicted molar refractivity (Wildman–Crippen MR) is 71.0 cm³/mol. The molecule has 0 aromatic carbocycles. The summed E-state index contributed by atoms with van der Waals surface area (Å²) in [6.07, 6.45) is 0. The van der Waals surface area contributed by atoms with Gasteiger partial charge in [-0.2, -0.15) is 0 Å². The molecule has 2 rings (SSSR count). The Hall–Kier alpha value is -1.20. The van der Waals surface area contributed by atoms with E-state index in [0.29, 0.717) is 5.69 Å². The van der Waals surface area contributed by atoms with Crippen LogP contribution in [0.3, 0.4) is 0 Å². The second-order valence-corrected chi connectivity index (χ2v) is 6.41. The van der Waals surface area contributed by atoms with Crippen molar-refractivity contribution in [1.82, 2.24) is 4.98 Å². The van der Waals surface area contributed by atoms with E-state index in [0.717, 1.165) is 15.4 Å². The normalized spacial score (nSPS) is 10.6. The van der Waals surface area contributed by atoms with Crippen LogP contribution in [-0.2, 0) is 4.74 Å². The quantitative estimate of drug-likeness (QED) is 0.781. The van der Waals surface area contributed by atoms with Gasteiger partial charge in [0.05, 0.1) is 7.11 Å². The lowest BCUT2D eigenvalue weighted by Crippen LogP contribution is -2.03. The molecule has 0 N–H and O–H groups in total. The number of nitrogens with zero attached hydrogens (tertiary/aromatic N) is 1. The fraction of sp³-hybridized carbons (Fsp3) is 0.333. The number of hydrogen-bond donors (Lipinski definition) is 0. The Labute approximate surface area is 108 Å². The van der Waals surface area contributed by atoms with Crippen molar-refractivity contribution >= 4 is 28.6 Å². The van der Waals surface area contributed by atoms with E-state index in [1.165, 1.54) is 28.2 Å². The van der Waals surface area contributed by atoms with Gasteiger partial charge in [-0.1, -0.05) is 0 Å². The summed E-state index contributed by atoms with van der Waals surface area (Å²) in [5.41, 5.74) is 1.55. The van der Waals surface area contributed by atoms with Crippen molar-refractivity contribution in [3.63, 3.8) is 0 Å². The van der Waals surface area contributed by atoms with Gasteiger partial charge in [-0.25, -0.2) is 9.78 Å². The van der Waals surface area contributed by atoms with Gasteiger partial charge in [0.2, 0.25) is 0 Å². The highest BCUT2D eigenvalue weighted by molar-refractivity contribution is 7.16. The van der Waals surface area contributed by atoms with Gasteiger partial charge in [-0.3, -0.25) is 0 Å². The number of carbonyl (C=O) groups excluding carboxylic acids is 1. The summed E-state index contributed by atoms with van der Waals surface area (Å²) >= 11 is 3.28. The first-order chi connectivity index (χ1) is 8.02. The SMILES string of the molecule is COC(=O)c1nc(-c2cc(C)sc2C)sc1C. The number of thiazole rings is 1. The van der Waals surface area contributed by atoms with Crippen molar-refractivity contribution in [1.29, 1.82) is 0 Å². The average Bonchev–Trinajstić information content (AvgIpc) is 2.80. The van der Waals surface area contributed by atoms with Crippen molar-refractivity contribution in [2.75, 3.05) is 7.11 Å². The predicted octanol–water partition coefficient (Wildman–Crippen LogP) is 3.58. The van der Waals surface area contributed by atoms with Crippen LogP contribution >= 0.6 is 22.7 Å². The molecule has 0 saturated heterocycles. The lowest BCUT2D eigenvalue weighted by molar-refractivity contribution is 0.0594. The molecule has 0 aliphatic rings. The first-order valence-electron chi connectivity index (χ1n) is 5.16. The lowest BCUT2D eigenvalue weighted by Gasteiger charge is -1.94. The number of ether oxygens (including phenoxy) is 1. The Morgan fingerprint density at radius 1 is 1.24 bits per heavy atom. The van der Waals surface area contributed by atoms with E-state index in [2.05, 4.69) is 24.9 Å². The summed E-state index contributed by atoms with van der Waals surface area (Å²) < 4.78 is 4.71. The summed E-state index contributed by atoms with van der Waals surface area (Å²) in [5.74, 6) is -0.366. The van der Waals surface area contributed by atoms with Crippen molar-refractivity contribution in [2.24, 2.45) is 0 Å². The van der Waals surface area contributed by atoms with Gasteiger partial charge in [-0.05, 0) is 26.8 Å². The molecule has 2 aromatic rings. The van der Waals surface area contributed by atoms with Gasteiger partial charge >= 0.3 is 5.97 Å². The van der Waals surface area contributed by atoms with Gasteiger partial charge in [0.15, 0.2) is 5.69 Å². The maximum Gasteiger partial charge on any atom is 0.357 e. The van der Waals surface area contributed by atoms with Crippen LogP contribution in [-0.4, -0.2) is 18.1 Å².